The summed E-state index contributed by atoms with van der Waals surface area (Å²) in [5.74, 6) is 0. The molecule has 0 saturated carbocycles. The van der Waals surface area contributed by atoms with Crippen LogP contribution in [0.2, 0.25) is 0 Å². The van der Waals surface area contributed by atoms with Crippen LogP contribution in [0.3, 0.4) is 0 Å². The summed E-state index contributed by atoms with van der Waals surface area (Å²) >= 11 is 0. The zero-order valence-corrected chi connectivity index (χ0v) is 12.9. The summed E-state index contributed by atoms with van der Waals surface area (Å²) in [5, 5.41) is 0. The van der Waals surface area contributed by atoms with Gasteiger partial charge in [-0.1, -0.05) is 20.3 Å². The topological polar surface area (TPSA) is 29.5 Å². The van der Waals surface area contributed by atoms with Crippen LogP contribution in [0.25, 0.3) is 0 Å². The Morgan fingerprint density at radius 3 is 2.11 bits per heavy atom. The van der Waals surface area contributed by atoms with E-state index in [0.717, 1.165) is 38.8 Å². The van der Waals surface area contributed by atoms with Gasteiger partial charge in [-0.25, -0.2) is 0 Å². The molecule has 1 aliphatic rings. The molecule has 3 heteroatoms. The van der Waals surface area contributed by atoms with Gasteiger partial charge < -0.3 is 9.53 Å². The van der Waals surface area contributed by atoms with Crippen LogP contribution in [-0.4, -0.2) is 42.0 Å². The Labute approximate surface area is 112 Å². The van der Waals surface area contributed by atoms with E-state index in [0.29, 0.717) is 0 Å². The van der Waals surface area contributed by atoms with Crippen LogP contribution < -0.4 is 0 Å². The molecule has 1 unspecified atom stereocenters. The molecule has 3 nitrogen and oxygen atoms in total. The van der Waals surface area contributed by atoms with Crippen LogP contribution in [0.5, 0.6) is 0 Å². The Bertz CT molecular complexity index is 283. The lowest BCUT2D eigenvalue weighted by molar-refractivity contribution is -0.184. The van der Waals surface area contributed by atoms with E-state index in [2.05, 4.69) is 46.4 Å². The fourth-order valence-electron chi connectivity index (χ4n) is 3.31. The lowest BCUT2D eigenvalue weighted by Crippen LogP contribution is -2.58. The maximum Gasteiger partial charge on any atom is 0.127 e. The number of nitrogens with zero attached hydrogens (tertiary/aromatic N) is 1. The van der Waals surface area contributed by atoms with Crippen LogP contribution in [0.4, 0.5) is 0 Å². The molecule has 1 aliphatic heterocycles. The molecule has 0 aromatic heterocycles. The summed E-state index contributed by atoms with van der Waals surface area (Å²) in [4.78, 5) is 13.7. The van der Waals surface area contributed by atoms with E-state index in [9.17, 15) is 4.79 Å². The highest BCUT2D eigenvalue weighted by Gasteiger charge is 2.40. The molecular formula is C15H29NO2. The van der Waals surface area contributed by atoms with Crippen LogP contribution in [0, 0.1) is 5.41 Å². The molecule has 18 heavy (non-hydrogen) atoms. The molecule has 0 spiro atoms. The van der Waals surface area contributed by atoms with E-state index >= 15 is 0 Å². The number of rotatable bonds is 5. The summed E-state index contributed by atoms with van der Waals surface area (Å²) in [7, 11) is 0. The monoisotopic (exact) mass is 255 g/mol. The Balaban J connectivity index is 2.74. The highest BCUT2D eigenvalue weighted by atomic mass is 16.5. The zero-order chi connectivity index (χ0) is 14.0. The first-order valence-corrected chi connectivity index (χ1v) is 7.00. The first-order chi connectivity index (χ1) is 8.11. The average Bonchev–Trinajstić information content (AvgIpc) is 2.12. The Morgan fingerprint density at radius 2 is 1.72 bits per heavy atom. The molecular weight excluding hydrogens is 226 g/mol. The first-order valence-electron chi connectivity index (χ1n) is 7.00. The molecule has 0 N–H and O–H groups in total. The van der Waals surface area contributed by atoms with Gasteiger partial charge in [-0.3, -0.25) is 4.90 Å². The molecule has 0 amide bonds. The van der Waals surface area contributed by atoms with Gasteiger partial charge in [-0.2, -0.15) is 0 Å². The third-order valence-electron chi connectivity index (χ3n) is 3.45. The van der Waals surface area contributed by atoms with Crippen LogP contribution in [-0.2, 0) is 9.53 Å². The quantitative estimate of drug-likeness (QED) is 0.707. The molecule has 1 saturated heterocycles. The van der Waals surface area contributed by atoms with Crippen molar-refractivity contribution >= 4 is 6.29 Å². The molecule has 0 bridgehead atoms. The third-order valence-corrected chi connectivity index (χ3v) is 3.45. The van der Waals surface area contributed by atoms with Crippen molar-refractivity contribution < 1.29 is 9.53 Å². The number of carbonyl (C=O) groups is 1. The summed E-state index contributed by atoms with van der Waals surface area (Å²) in [6.45, 7) is 15.3. The van der Waals surface area contributed by atoms with Crippen molar-refractivity contribution in [3.8, 4) is 0 Å². The summed E-state index contributed by atoms with van der Waals surface area (Å²) < 4.78 is 6.07. The molecule has 0 radical (unpaired) electrons. The Kier molecular flexibility index (Phi) is 4.60. The summed E-state index contributed by atoms with van der Waals surface area (Å²) in [6.07, 6.45) is 3.13. The van der Waals surface area contributed by atoms with E-state index in [-0.39, 0.29) is 16.6 Å². The minimum atomic E-state index is -0.224. The number of morpholine rings is 1. The summed E-state index contributed by atoms with van der Waals surface area (Å²) in [6, 6.07) is 0. The second-order valence-corrected chi connectivity index (χ2v) is 7.29. The zero-order valence-electron chi connectivity index (χ0n) is 12.9. The van der Waals surface area contributed by atoms with Crippen molar-refractivity contribution in [1.82, 2.24) is 4.90 Å². The van der Waals surface area contributed by atoms with Crippen molar-refractivity contribution in [2.75, 3.05) is 19.6 Å². The standard InChI is InChI=1S/C15H29NO2/c1-7-8-15(6,12-17)11-16-9-13(2,3)18-14(4,5)10-16/h12H,7-11H2,1-6H3. The van der Waals surface area contributed by atoms with Gasteiger partial charge in [0.25, 0.3) is 0 Å². The van der Waals surface area contributed by atoms with Crippen molar-refractivity contribution in [2.24, 2.45) is 5.41 Å². The average molecular weight is 255 g/mol. The molecule has 0 aromatic rings. The SMILES string of the molecule is CCCC(C)(C=O)CN1CC(C)(C)OC(C)(C)C1. The van der Waals surface area contributed by atoms with Crippen molar-refractivity contribution in [3.05, 3.63) is 0 Å². The fourth-order valence-corrected chi connectivity index (χ4v) is 3.31. The summed E-state index contributed by atoms with van der Waals surface area (Å²) in [5.41, 5.74) is -0.506. The van der Waals surface area contributed by atoms with Crippen molar-refractivity contribution in [1.29, 1.82) is 0 Å². The second-order valence-electron chi connectivity index (χ2n) is 7.29. The maximum atomic E-state index is 11.4. The lowest BCUT2D eigenvalue weighted by Gasteiger charge is -2.48. The smallest absolute Gasteiger partial charge is 0.127 e. The molecule has 1 rings (SSSR count). The van der Waals surface area contributed by atoms with E-state index in [4.69, 9.17) is 4.74 Å². The number of hydrogen-bond acceptors (Lipinski definition) is 3. The minimum absolute atomic E-state index is 0.141. The molecule has 1 fully saturated rings. The lowest BCUT2D eigenvalue weighted by atomic mass is 9.85. The van der Waals surface area contributed by atoms with Gasteiger partial charge in [-0.05, 0) is 34.1 Å². The van der Waals surface area contributed by atoms with E-state index in [1.54, 1.807) is 0 Å². The van der Waals surface area contributed by atoms with Crippen molar-refractivity contribution in [2.45, 2.75) is 65.6 Å². The normalized spacial score (nSPS) is 26.6. The predicted molar refractivity (Wildman–Crippen MR) is 74.8 cm³/mol. The van der Waals surface area contributed by atoms with E-state index < -0.39 is 0 Å². The Morgan fingerprint density at radius 1 is 1.22 bits per heavy atom. The van der Waals surface area contributed by atoms with E-state index in [1.165, 1.54) is 0 Å². The first kappa shape index (κ1) is 15.6. The minimum Gasteiger partial charge on any atom is -0.367 e. The van der Waals surface area contributed by atoms with Gasteiger partial charge in [0.05, 0.1) is 11.2 Å². The van der Waals surface area contributed by atoms with Crippen LogP contribution >= 0.6 is 0 Å². The van der Waals surface area contributed by atoms with Gasteiger partial charge in [0.2, 0.25) is 0 Å². The fraction of sp³-hybridized carbons (Fsp3) is 0.933. The van der Waals surface area contributed by atoms with Crippen LogP contribution in [0.15, 0.2) is 0 Å². The molecule has 0 aliphatic carbocycles. The largest absolute Gasteiger partial charge is 0.367 e. The number of ether oxygens (including phenoxy) is 1. The van der Waals surface area contributed by atoms with Gasteiger partial charge in [0.15, 0.2) is 0 Å². The molecule has 1 heterocycles. The van der Waals surface area contributed by atoms with Crippen molar-refractivity contribution in [3.63, 3.8) is 0 Å². The highest BCUT2D eigenvalue weighted by Crippen LogP contribution is 2.31. The Hall–Kier alpha value is -0.410. The van der Waals surface area contributed by atoms with Crippen LogP contribution in [0.1, 0.15) is 54.4 Å². The maximum absolute atomic E-state index is 11.4. The van der Waals surface area contributed by atoms with Gasteiger partial charge in [0.1, 0.15) is 6.29 Å². The van der Waals surface area contributed by atoms with Gasteiger partial charge in [-0.15, -0.1) is 0 Å². The van der Waals surface area contributed by atoms with E-state index in [1.807, 2.05) is 0 Å². The molecule has 0 aromatic carbocycles. The molecule has 106 valence electrons. The number of hydrogen-bond donors (Lipinski definition) is 0. The highest BCUT2D eigenvalue weighted by molar-refractivity contribution is 5.59. The number of carbonyl (C=O) groups excluding carboxylic acids is 1. The predicted octanol–water partition coefficient (Wildman–Crippen LogP) is 2.88. The van der Waals surface area contributed by atoms with Gasteiger partial charge in [0, 0.05) is 25.0 Å². The third kappa shape index (κ3) is 4.36. The van der Waals surface area contributed by atoms with Gasteiger partial charge >= 0.3 is 0 Å². The number of aldehydes is 1. The second kappa shape index (κ2) is 5.30. The molecule has 1 atom stereocenters.